The maximum absolute atomic E-state index is 12.8. The topological polar surface area (TPSA) is 210 Å². The minimum atomic E-state index is -5.15. The van der Waals surface area contributed by atoms with Crippen LogP contribution in [0.1, 0.15) is 123 Å². The fraction of sp³-hybridized carbons (Fsp3) is 0.560. The lowest BCUT2D eigenvalue weighted by molar-refractivity contribution is -0.220. The largest absolute Gasteiger partial charge is 0.472 e. The fourth-order valence-corrected chi connectivity index (χ4v) is 6.98. The van der Waals surface area contributed by atoms with Crippen LogP contribution in [0.4, 0.5) is 0 Å². The molecule has 64 heavy (non-hydrogen) atoms. The highest BCUT2D eigenvalue weighted by Crippen LogP contribution is 2.47. The zero-order valence-corrected chi connectivity index (χ0v) is 38.9. The molecule has 0 aromatic heterocycles. The Kier molecular flexibility index (Phi) is 35.1. The maximum Gasteiger partial charge on any atom is 0.472 e. The van der Waals surface area contributed by atoms with Crippen LogP contribution in [-0.2, 0) is 32.7 Å². The van der Waals surface area contributed by atoms with Gasteiger partial charge in [0, 0.05) is 12.8 Å². The van der Waals surface area contributed by atoms with E-state index in [9.17, 15) is 44.6 Å². The van der Waals surface area contributed by atoms with Crippen molar-refractivity contribution in [3.8, 4) is 0 Å². The SMILES string of the molecule is CC/C=C/C=C/C=C/C=C/CCCCCC(=O)OC(COC(=O)CCCCC/C=C/C/C=C/C/C=C/C/C=C/C/C=C/C/C=C/CC)COP(=O)(O)OC1C(O)C(O)C(O)[C@H](O)C1O. The molecule has 0 aromatic rings. The molecule has 0 spiro atoms. The summed E-state index contributed by atoms with van der Waals surface area (Å²) in [6.07, 6.45) is 41.2. The molecule has 8 atom stereocenters. The van der Waals surface area contributed by atoms with E-state index in [0.29, 0.717) is 12.8 Å². The van der Waals surface area contributed by atoms with E-state index in [0.717, 1.165) is 83.5 Å². The van der Waals surface area contributed by atoms with E-state index in [-0.39, 0.29) is 12.8 Å². The molecule has 1 aliphatic rings. The molecule has 7 unspecified atom stereocenters. The van der Waals surface area contributed by atoms with Crippen LogP contribution in [-0.4, -0.2) is 98.3 Å². The molecule has 0 radical (unpaired) electrons. The Balaban J connectivity index is 2.50. The number of unbranched alkanes of at least 4 members (excludes halogenated alkanes) is 6. The summed E-state index contributed by atoms with van der Waals surface area (Å²) >= 11 is 0. The molecular formula is C50H77O13P. The number of rotatable bonds is 35. The van der Waals surface area contributed by atoms with Crippen molar-refractivity contribution in [2.45, 2.75) is 166 Å². The lowest BCUT2D eigenvalue weighted by Gasteiger charge is -2.41. The zero-order valence-electron chi connectivity index (χ0n) is 38.0. The summed E-state index contributed by atoms with van der Waals surface area (Å²) in [7, 11) is -5.15. The molecule has 1 saturated carbocycles. The third-order valence-electron chi connectivity index (χ3n) is 9.64. The molecule has 0 amide bonds. The molecule has 13 nitrogen and oxygen atoms in total. The standard InChI is InChI=1S/C50H77O13P/c1-3-5-7-9-11-13-15-17-18-19-20-21-22-23-24-25-27-28-30-32-34-36-38-43(51)60-40-42(41-61-64(58,59)63-50-48(56)46(54)45(53)47(55)49(50)57)62-44(52)39-37-35-33-31-29-26-16-14-12-10-8-6-4-2/h5-8,10-14,16-18,20-21,23-24,26-29,42,45-50,53-57H,3-4,9,15,19,22,25,30-41H2,1-2H3,(H,58,59)/b7-5+,8-6+,12-10+,13-11+,16-14+,18-17+,21-20+,24-23+,28-27+,29-26+/t42?,45?,46-,47?,48?,49?,50?/m0/s1. The van der Waals surface area contributed by atoms with Gasteiger partial charge >= 0.3 is 19.8 Å². The highest BCUT2D eigenvalue weighted by Gasteiger charge is 2.51. The number of esters is 2. The molecule has 0 aliphatic heterocycles. The van der Waals surface area contributed by atoms with Crippen molar-refractivity contribution in [3.63, 3.8) is 0 Å². The number of carbonyl (C=O) groups excluding carboxylic acids is 2. The van der Waals surface area contributed by atoms with Gasteiger partial charge in [0.15, 0.2) is 6.10 Å². The lowest BCUT2D eigenvalue weighted by Crippen LogP contribution is -2.64. The molecule has 360 valence electrons. The summed E-state index contributed by atoms with van der Waals surface area (Å²) in [5.74, 6) is -1.20. The van der Waals surface area contributed by atoms with Crippen LogP contribution in [0.5, 0.6) is 0 Å². The molecule has 1 rings (SSSR count). The average molecular weight is 917 g/mol. The number of aliphatic hydroxyl groups excluding tert-OH is 5. The first-order chi connectivity index (χ1) is 30.9. The molecule has 0 bridgehead atoms. The van der Waals surface area contributed by atoms with Gasteiger partial charge in [-0.15, -0.1) is 0 Å². The molecule has 0 aromatic carbocycles. The molecule has 0 heterocycles. The quantitative estimate of drug-likeness (QED) is 0.0115. The third-order valence-corrected chi connectivity index (χ3v) is 10.6. The van der Waals surface area contributed by atoms with Crippen molar-refractivity contribution >= 4 is 19.8 Å². The number of hydrogen-bond acceptors (Lipinski definition) is 12. The molecule has 14 heteroatoms. The number of phosphoric ester groups is 1. The summed E-state index contributed by atoms with van der Waals surface area (Å²) < 4.78 is 33.4. The van der Waals surface area contributed by atoms with E-state index in [1.165, 1.54) is 0 Å². The van der Waals surface area contributed by atoms with Crippen molar-refractivity contribution in [2.24, 2.45) is 0 Å². The Morgan fingerprint density at radius 2 is 0.922 bits per heavy atom. The Labute approximate surface area is 382 Å². The maximum atomic E-state index is 12.8. The summed E-state index contributed by atoms with van der Waals surface area (Å²) in [4.78, 5) is 35.7. The number of ether oxygens (including phenoxy) is 2. The third kappa shape index (κ3) is 30.4. The number of carbonyl (C=O) groups is 2. The Bertz CT molecular complexity index is 1570. The monoisotopic (exact) mass is 917 g/mol. The smallest absolute Gasteiger partial charge is 0.462 e. The van der Waals surface area contributed by atoms with Crippen molar-refractivity contribution in [1.82, 2.24) is 0 Å². The highest BCUT2D eigenvalue weighted by atomic mass is 31.2. The Morgan fingerprint density at radius 3 is 1.44 bits per heavy atom. The van der Waals surface area contributed by atoms with Crippen LogP contribution < -0.4 is 0 Å². The van der Waals surface area contributed by atoms with Gasteiger partial charge in [0.05, 0.1) is 6.61 Å². The van der Waals surface area contributed by atoms with Gasteiger partial charge in [-0.05, 0) is 83.5 Å². The molecule has 1 aliphatic carbocycles. The van der Waals surface area contributed by atoms with E-state index in [2.05, 4.69) is 92.8 Å². The van der Waals surface area contributed by atoms with Gasteiger partial charge in [0.25, 0.3) is 0 Å². The summed E-state index contributed by atoms with van der Waals surface area (Å²) in [5, 5.41) is 50.1. The highest BCUT2D eigenvalue weighted by molar-refractivity contribution is 7.47. The van der Waals surface area contributed by atoms with Gasteiger partial charge in [0.1, 0.15) is 43.2 Å². The number of aliphatic hydroxyl groups is 5. The van der Waals surface area contributed by atoms with Crippen molar-refractivity contribution in [3.05, 3.63) is 122 Å². The van der Waals surface area contributed by atoms with Crippen molar-refractivity contribution < 1.29 is 63.1 Å². The molecule has 6 N–H and O–H groups in total. The summed E-state index contributed by atoms with van der Waals surface area (Å²) in [6.45, 7) is 2.95. The number of allylic oxidation sites excluding steroid dienone is 20. The van der Waals surface area contributed by atoms with Crippen LogP contribution >= 0.6 is 7.82 Å². The fourth-order valence-electron chi connectivity index (χ4n) is 6.00. The van der Waals surface area contributed by atoms with E-state index in [4.69, 9.17) is 18.5 Å². The van der Waals surface area contributed by atoms with Gasteiger partial charge in [-0.2, -0.15) is 0 Å². The van der Waals surface area contributed by atoms with Gasteiger partial charge < -0.3 is 39.9 Å². The van der Waals surface area contributed by atoms with E-state index >= 15 is 0 Å². The number of phosphoric acid groups is 1. The minimum absolute atomic E-state index is 0.0345. The lowest BCUT2D eigenvalue weighted by atomic mass is 9.85. The van der Waals surface area contributed by atoms with Crippen LogP contribution in [0.3, 0.4) is 0 Å². The van der Waals surface area contributed by atoms with E-state index in [1.807, 2.05) is 42.5 Å². The van der Waals surface area contributed by atoms with Gasteiger partial charge in [-0.25, -0.2) is 4.57 Å². The second-order valence-corrected chi connectivity index (χ2v) is 16.6. The van der Waals surface area contributed by atoms with E-state index in [1.54, 1.807) is 0 Å². The first-order valence-electron chi connectivity index (χ1n) is 22.9. The summed E-state index contributed by atoms with van der Waals surface area (Å²) in [6, 6.07) is 0. The minimum Gasteiger partial charge on any atom is -0.462 e. The average Bonchev–Trinajstić information content (AvgIpc) is 3.28. The van der Waals surface area contributed by atoms with Gasteiger partial charge in [-0.1, -0.05) is 148 Å². The van der Waals surface area contributed by atoms with E-state index < -0.39 is 75.7 Å². The van der Waals surface area contributed by atoms with Gasteiger partial charge in [-0.3, -0.25) is 18.6 Å². The Morgan fingerprint density at radius 1 is 0.500 bits per heavy atom. The van der Waals surface area contributed by atoms with Crippen LogP contribution in [0.15, 0.2) is 122 Å². The Hall–Kier alpha value is -3.75. The van der Waals surface area contributed by atoms with Crippen LogP contribution in [0.25, 0.3) is 0 Å². The molecule has 0 saturated heterocycles. The predicted molar refractivity (Wildman–Crippen MR) is 253 cm³/mol. The van der Waals surface area contributed by atoms with Crippen molar-refractivity contribution in [1.29, 1.82) is 0 Å². The van der Waals surface area contributed by atoms with Crippen LogP contribution in [0, 0.1) is 0 Å². The zero-order chi connectivity index (χ0) is 47.1. The first kappa shape index (κ1) is 58.3. The first-order valence-corrected chi connectivity index (χ1v) is 24.4. The van der Waals surface area contributed by atoms with Crippen molar-refractivity contribution in [2.75, 3.05) is 13.2 Å². The normalized spacial score (nSPS) is 22.7. The van der Waals surface area contributed by atoms with Crippen LogP contribution in [0.2, 0.25) is 0 Å². The second-order valence-electron chi connectivity index (χ2n) is 15.2. The predicted octanol–water partition coefficient (Wildman–Crippen LogP) is 9.00. The second kappa shape index (κ2) is 38.5. The van der Waals surface area contributed by atoms with Gasteiger partial charge in [0.2, 0.25) is 0 Å². The molecule has 1 fully saturated rings. The number of hydrogen-bond donors (Lipinski definition) is 6. The summed E-state index contributed by atoms with van der Waals surface area (Å²) in [5.41, 5.74) is 0. The molecular weight excluding hydrogens is 840 g/mol.